The van der Waals surface area contributed by atoms with Gasteiger partial charge in [0.25, 0.3) is 0 Å². The zero-order valence-corrected chi connectivity index (χ0v) is 15.4. The molecule has 140 valence electrons. The molecule has 0 unspecified atom stereocenters. The average Bonchev–Trinajstić information content (AvgIpc) is 3.31. The van der Waals surface area contributed by atoms with Crippen molar-refractivity contribution in [1.82, 2.24) is 24.5 Å². The first-order valence-corrected chi connectivity index (χ1v) is 8.53. The molecule has 1 amide bonds. The predicted molar refractivity (Wildman–Crippen MR) is 107 cm³/mol. The Kier molecular flexibility index (Phi) is 4.36. The number of amides is 1. The van der Waals surface area contributed by atoms with E-state index in [4.69, 9.17) is 4.74 Å². The molecule has 2 N–H and O–H groups in total. The standard InChI is InChI=1S/C20H18N6O2/c1-4-17(27)25-20-24-16(11-26(20)2)13-7-14-15(10-23-19(14)22-9-13)12-5-6-21-18(8-12)28-3/h4-11H,1H2,2-3H3,(H,22,23)(H,24,25,27). The molecular formula is C20H18N6O2. The van der Waals surface area contributed by atoms with Crippen molar-refractivity contribution in [1.29, 1.82) is 0 Å². The number of anilines is 1. The normalized spacial score (nSPS) is 10.8. The highest BCUT2D eigenvalue weighted by Gasteiger charge is 2.13. The summed E-state index contributed by atoms with van der Waals surface area (Å²) >= 11 is 0. The van der Waals surface area contributed by atoms with Crippen molar-refractivity contribution in [3.63, 3.8) is 0 Å². The lowest BCUT2D eigenvalue weighted by molar-refractivity contribution is -0.111. The number of hydrogen-bond acceptors (Lipinski definition) is 5. The van der Waals surface area contributed by atoms with Gasteiger partial charge >= 0.3 is 0 Å². The third-order valence-electron chi connectivity index (χ3n) is 4.38. The lowest BCUT2D eigenvalue weighted by Gasteiger charge is -2.03. The number of hydrogen-bond donors (Lipinski definition) is 2. The quantitative estimate of drug-likeness (QED) is 0.523. The van der Waals surface area contributed by atoms with Gasteiger partial charge in [-0.25, -0.2) is 15.0 Å². The van der Waals surface area contributed by atoms with Gasteiger partial charge in [-0.15, -0.1) is 0 Å². The highest BCUT2D eigenvalue weighted by molar-refractivity contribution is 5.98. The van der Waals surface area contributed by atoms with Gasteiger partial charge < -0.3 is 14.3 Å². The van der Waals surface area contributed by atoms with E-state index in [9.17, 15) is 4.79 Å². The topological polar surface area (TPSA) is 97.7 Å². The third kappa shape index (κ3) is 3.11. The Morgan fingerprint density at radius 1 is 1.32 bits per heavy atom. The number of nitrogens with one attached hydrogen (secondary N) is 2. The Hall–Kier alpha value is -3.94. The molecule has 4 aromatic heterocycles. The number of rotatable bonds is 5. The van der Waals surface area contributed by atoms with E-state index in [1.54, 1.807) is 24.1 Å². The molecule has 4 heterocycles. The molecule has 4 rings (SSSR count). The van der Waals surface area contributed by atoms with Gasteiger partial charge in [0.1, 0.15) is 5.65 Å². The van der Waals surface area contributed by atoms with Crippen LogP contribution in [0, 0.1) is 0 Å². The van der Waals surface area contributed by atoms with E-state index >= 15 is 0 Å². The van der Waals surface area contributed by atoms with Crippen LogP contribution < -0.4 is 10.1 Å². The monoisotopic (exact) mass is 374 g/mol. The molecule has 0 aliphatic carbocycles. The number of H-pyrrole nitrogens is 1. The minimum absolute atomic E-state index is 0.312. The van der Waals surface area contributed by atoms with Crippen molar-refractivity contribution in [2.45, 2.75) is 0 Å². The SMILES string of the molecule is C=CC(=O)Nc1nc(-c2cnc3[nH]cc(-c4ccnc(OC)c4)c3c2)cn1C. The highest BCUT2D eigenvalue weighted by atomic mass is 16.5. The maximum Gasteiger partial charge on any atom is 0.250 e. The van der Waals surface area contributed by atoms with Gasteiger partial charge in [0, 0.05) is 54.4 Å². The molecule has 0 aromatic carbocycles. The fraction of sp³-hybridized carbons (Fsp3) is 0.100. The van der Waals surface area contributed by atoms with Gasteiger partial charge in [-0.05, 0) is 23.8 Å². The van der Waals surface area contributed by atoms with Crippen LogP contribution >= 0.6 is 0 Å². The number of fused-ring (bicyclic) bond motifs is 1. The third-order valence-corrected chi connectivity index (χ3v) is 4.38. The zero-order valence-electron chi connectivity index (χ0n) is 15.4. The Morgan fingerprint density at radius 3 is 2.96 bits per heavy atom. The van der Waals surface area contributed by atoms with Gasteiger partial charge in [-0.3, -0.25) is 10.1 Å². The van der Waals surface area contributed by atoms with Gasteiger partial charge in [-0.2, -0.15) is 0 Å². The van der Waals surface area contributed by atoms with Crippen LogP contribution in [0.1, 0.15) is 0 Å². The first-order valence-electron chi connectivity index (χ1n) is 8.53. The summed E-state index contributed by atoms with van der Waals surface area (Å²) in [7, 11) is 3.40. The molecule has 0 radical (unpaired) electrons. The van der Waals surface area contributed by atoms with E-state index < -0.39 is 0 Å². The zero-order chi connectivity index (χ0) is 19.7. The van der Waals surface area contributed by atoms with Gasteiger partial charge in [0.05, 0.1) is 12.8 Å². The molecule has 4 aromatic rings. The Labute approximate surface area is 160 Å². The second kappa shape index (κ2) is 6.99. The van der Waals surface area contributed by atoms with Crippen LogP contribution in [-0.4, -0.2) is 37.5 Å². The number of carbonyl (C=O) groups excluding carboxylic acids is 1. The van der Waals surface area contributed by atoms with E-state index in [2.05, 4.69) is 31.8 Å². The van der Waals surface area contributed by atoms with Gasteiger partial charge in [-0.1, -0.05) is 6.58 Å². The van der Waals surface area contributed by atoms with E-state index in [0.717, 1.165) is 27.7 Å². The summed E-state index contributed by atoms with van der Waals surface area (Å²) in [5.74, 6) is 0.671. The van der Waals surface area contributed by atoms with Crippen molar-refractivity contribution < 1.29 is 9.53 Å². The van der Waals surface area contributed by atoms with Crippen molar-refractivity contribution in [3.8, 4) is 28.3 Å². The summed E-state index contributed by atoms with van der Waals surface area (Å²) in [6.07, 6.45) is 8.40. The summed E-state index contributed by atoms with van der Waals surface area (Å²) in [6, 6.07) is 5.81. The fourth-order valence-corrected chi connectivity index (χ4v) is 2.95. The maximum absolute atomic E-state index is 11.6. The van der Waals surface area contributed by atoms with Crippen LogP contribution in [0.25, 0.3) is 33.4 Å². The summed E-state index contributed by atoms with van der Waals surface area (Å²) in [5.41, 5.74) is 4.27. The lowest BCUT2D eigenvalue weighted by Crippen LogP contribution is -2.11. The molecule has 0 fully saturated rings. The molecule has 0 spiro atoms. The van der Waals surface area contributed by atoms with Crippen molar-refractivity contribution in [2.75, 3.05) is 12.4 Å². The van der Waals surface area contributed by atoms with E-state index in [1.807, 2.05) is 37.6 Å². The van der Waals surface area contributed by atoms with Crippen LogP contribution in [0.2, 0.25) is 0 Å². The van der Waals surface area contributed by atoms with Gasteiger partial charge in [0.2, 0.25) is 17.7 Å². The minimum Gasteiger partial charge on any atom is -0.481 e. The largest absolute Gasteiger partial charge is 0.481 e. The molecule has 8 heteroatoms. The number of aromatic nitrogens is 5. The Balaban J connectivity index is 1.77. The van der Waals surface area contributed by atoms with E-state index in [1.165, 1.54) is 6.08 Å². The molecule has 0 bridgehead atoms. The van der Waals surface area contributed by atoms with E-state index in [-0.39, 0.29) is 5.91 Å². The molecular weight excluding hydrogens is 356 g/mol. The number of aromatic amines is 1. The number of imidazole rings is 1. The Morgan fingerprint density at radius 2 is 2.18 bits per heavy atom. The number of nitrogens with zero attached hydrogens (tertiary/aromatic N) is 4. The summed E-state index contributed by atoms with van der Waals surface area (Å²) in [6.45, 7) is 3.45. The number of ether oxygens (including phenoxy) is 1. The number of aryl methyl sites for hydroxylation is 1. The first kappa shape index (κ1) is 17.5. The molecule has 0 saturated carbocycles. The van der Waals surface area contributed by atoms with Crippen LogP contribution in [-0.2, 0) is 11.8 Å². The van der Waals surface area contributed by atoms with Crippen molar-refractivity contribution in [2.24, 2.45) is 7.05 Å². The number of carbonyl (C=O) groups is 1. The molecule has 0 saturated heterocycles. The molecule has 0 atom stereocenters. The highest BCUT2D eigenvalue weighted by Crippen LogP contribution is 2.32. The molecule has 8 nitrogen and oxygen atoms in total. The Bertz CT molecular complexity index is 1190. The van der Waals surface area contributed by atoms with E-state index in [0.29, 0.717) is 17.5 Å². The van der Waals surface area contributed by atoms with Gasteiger partial charge in [0.15, 0.2) is 0 Å². The van der Waals surface area contributed by atoms with Crippen molar-refractivity contribution >= 4 is 22.9 Å². The first-order chi connectivity index (χ1) is 13.6. The summed E-state index contributed by atoms with van der Waals surface area (Å²) < 4.78 is 6.97. The van der Waals surface area contributed by atoms with Crippen molar-refractivity contribution in [3.05, 3.63) is 55.6 Å². The number of pyridine rings is 2. The second-order valence-corrected chi connectivity index (χ2v) is 6.16. The smallest absolute Gasteiger partial charge is 0.250 e. The number of methoxy groups -OCH3 is 1. The van der Waals surface area contributed by atoms with Crippen LogP contribution in [0.5, 0.6) is 5.88 Å². The molecule has 0 aliphatic rings. The molecule has 28 heavy (non-hydrogen) atoms. The fourth-order valence-electron chi connectivity index (χ4n) is 2.95. The maximum atomic E-state index is 11.6. The lowest BCUT2D eigenvalue weighted by atomic mass is 10.1. The van der Waals surface area contributed by atoms with Crippen LogP contribution in [0.15, 0.2) is 55.6 Å². The van der Waals surface area contributed by atoms with Crippen LogP contribution in [0.3, 0.4) is 0 Å². The molecule has 0 aliphatic heterocycles. The van der Waals surface area contributed by atoms with Crippen LogP contribution in [0.4, 0.5) is 5.95 Å². The second-order valence-electron chi connectivity index (χ2n) is 6.16. The predicted octanol–water partition coefficient (Wildman–Crippen LogP) is 3.16. The average molecular weight is 374 g/mol. The minimum atomic E-state index is -0.312. The summed E-state index contributed by atoms with van der Waals surface area (Å²) in [5, 5.41) is 3.63. The summed E-state index contributed by atoms with van der Waals surface area (Å²) in [4.78, 5) is 27.9.